The molecule has 4 aromatic rings. The van der Waals surface area contributed by atoms with Crippen molar-refractivity contribution in [2.24, 2.45) is 0 Å². The zero-order chi connectivity index (χ0) is 22.2. The summed E-state index contributed by atoms with van der Waals surface area (Å²) in [6.45, 7) is 6.33. The summed E-state index contributed by atoms with van der Waals surface area (Å²) in [6.07, 6.45) is 4.28. The summed E-state index contributed by atoms with van der Waals surface area (Å²) in [5.74, 6) is 1.78. The third-order valence-corrected chi connectivity index (χ3v) is 7.88. The quantitative estimate of drug-likeness (QED) is 0.470. The van der Waals surface area contributed by atoms with Crippen LogP contribution < -0.4 is 10.2 Å². The number of thiophene rings is 1. The van der Waals surface area contributed by atoms with E-state index in [9.17, 15) is 0 Å². The number of piperidine rings is 1. The minimum absolute atomic E-state index is 0.635. The number of hydrogen-bond donors (Lipinski definition) is 2. The summed E-state index contributed by atoms with van der Waals surface area (Å²) in [4.78, 5) is 16.3. The Hall–Kier alpha value is -2.59. The molecule has 0 atom stereocenters. The molecule has 1 aromatic carbocycles. The maximum absolute atomic E-state index is 5.61. The number of nitrogens with one attached hydrogen (secondary N) is 2. The molecule has 172 valence electrons. The van der Waals surface area contributed by atoms with E-state index < -0.39 is 0 Å². The first-order valence-corrected chi connectivity index (χ1v) is 12.5. The summed E-state index contributed by atoms with van der Waals surface area (Å²) in [7, 11) is 2.25. The number of benzene rings is 1. The van der Waals surface area contributed by atoms with E-state index in [0.29, 0.717) is 6.04 Å². The highest BCUT2D eigenvalue weighted by Crippen LogP contribution is 2.36. The summed E-state index contributed by atoms with van der Waals surface area (Å²) < 4.78 is 6.79. The van der Waals surface area contributed by atoms with Gasteiger partial charge in [0.05, 0.1) is 35.1 Å². The number of aromatic nitrogens is 4. The molecule has 6 rings (SSSR count). The number of fused-ring (bicyclic) bond motifs is 2. The molecule has 0 radical (unpaired) electrons. The Labute approximate surface area is 197 Å². The van der Waals surface area contributed by atoms with Gasteiger partial charge in [0.1, 0.15) is 0 Å². The van der Waals surface area contributed by atoms with E-state index in [4.69, 9.17) is 14.7 Å². The second-order valence-corrected chi connectivity index (χ2v) is 10.1. The number of hydrogen-bond acceptors (Lipinski definition) is 8. The van der Waals surface area contributed by atoms with Crippen LogP contribution in [-0.2, 0) is 11.3 Å². The van der Waals surface area contributed by atoms with Crippen molar-refractivity contribution in [1.29, 1.82) is 0 Å². The standard InChI is InChI=1S/C24H29N7OS/c1-30(16-5-7-25-8-6-16)15-17-13-21-22(33-17)24(31-9-11-32-12-10-31)28-23(27-21)18-3-2-4-20-19(18)14-26-29-20/h2-4,13-14,16,25H,5-12,15H2,1H3,(H,26,29). The number of nitrogens with zero attached hydrogens (tertiary/aromatic N) is 5. The second kappa shape index (κ2) is 8.98. The molecule has 33 heavy (non-hydrogen) atoms. The van der Waals surface area contributed by atoms with Crippen LogP contribution in [0.4, 0.5) is 5.82 Å². The van der Waals surface area contributed by atoms with Crippen LogP contribution in [0.15, 0.2) is 30.5 Å². The van der Waals surface area contributed by atoms with E-state index in [2.05, 4.69) is 44.5 Å². The van der Waals surface area contributed by atoms with Crippen molar-refractivity contribution in [1.82, 2.24) is 30.4 Å². The Morgan fingerprint density at radius 1 is 1.18 bits per heavy atom. The Balaban J connectivity index is 1.41. The molecular formula is C24H29N7OS. The lowest BCUT2D eigenvalue weighted by Gasteiger charge is -2.31. The predicted molar refractivity (Wildman–Crippen MR) is 133 cm³/mol. The topological polar surface area (TPSA) is 82.2 Å². The number of H-pyrrole nitrogens is 1. The van der Waals surface area contributed by atoms with Crippen molar-refractivity contribution in [3.8, 4) is 11.4 Å². The first-order chi connectivity index (χ1) is 16.3. The van der Waals surface area contributed by atoms with Gasteiger partial charge in [-0.1, -0.05) is 12.1 Å². The van der Waals surface area contributed by atoms with Gasteiger partial charge in [0.2, 0.25) is 0 Å². The molecule has 0 amide bonds. The molecule has 0 unspecified atom stereocenters. The number of ether oxygens (including phenoxy) is 1. The third-order valence-electron chi connectivity index (χ3n) is 6.78. The summed E-state index contributed by atoms with van der Waals surface area (Å²) in [6, 6.07) is 9.05. The van der Waals surface area contributed by atoms with Crippen molar-refractivity contribution in [2.75, 3.05) is 51.3 Å². The molecule has 0 aliphatic carbocycles. The molecule has 9 heteroatoms. The highest BCUT2D eigenvalue weighted by atomic mass is 32.1. The molecule has 2 N–H and O–H groups in total. The van der Waals surface area contributed by atoms with Crippen LogP contribution in [0.5, 0.6) is 0 Å². The van der Waals surface area contributed by atoms with E-state index >= 15 is 0 Å². The Morgan fingerprint density at radius 2 is 2.03 bits per heavy atom. The van der Waals surface area contributed by atoms with Crippen LogP contribution in [0.1, 0.15) is 17.7 Å². The second-order valence-electron chi connectivity index (χ2n) is 8.93. The molecule has 0 spiro atoms. The number of anilines is 1. The lowest BCUT2D eigenvalue weighted by molar-refractivity contribution is 0.122. The smallest absolute Gasteiger partial charge is 0.162 e. The molecule has 3 aromatic heterocycles. The maximum Gasteiger partial charge on any atom is 0.162 e. The predicted octanol–water partition coefficient (Wildman–Crippen LogP) is 3.26. The fourth-order valence-electron chi connectivity index (χ4n) is 4.94. The van der Waals surface area contributed by atoms with Gasteiger partial charge in [-0.05, 0) is 45.1 Å². The Bertz CT molecular complexity index is 1260. The van der Waals surface area contributed by atoms with Gasteiger partial charge in [0.15, 0.2) is 11.6 Å². The van der Waals surface area contributed by atoms with Crippen molar-refractivity contribution >= 4 is 38.3 Å². The van der Waals surface area contributed by atoms with Crippen molar-refractivity contribution < 1.29 is 4.74 Å². The summed E-state index contributed by atoms with van der Waals surface area (Å²) >= 11 is 1.84. The van der Waals surface area contributed by atoms with E-state index in [1.165, 1.54) is 22.4 Å². The number of rotatable bonds is 5. The van der Waals surface area contributed by atoms with Crippen LogP contribution in [0.3, 0.4) is 0 Å². The SMILES string of the molecule is CN(Cc1cc2nc(-c3cccc4[nH]ncc34)nc(N3CCOCC3)c2s1)C1CCNCC1. The van der Waals surface area contributed by atoms with Gasteiger partial charge in [-0.25, -0.2) is 9.97 Å². The summed E-state index contributed by atoms with van der Waals surface area (Å²) in [5.41, 5.74) is 3.04. The van der Waals surface area contributed by atoms with Gasteiger partial charge in [-0.2, -0.15) is 5.10 Å². The normalized spacial score (nSPS) is 18.1. The Kier molecular flexibility index (Phi) is 5.71. The minimum atomic E-state index is 0.635. The van der Waals surface area contributed by atoms with Crippen molar-refractivity contribution in [2.45, 2.75) is 25.4 Å². The van der Waals surface area contributed by atoms with Gasteiger partial charge >= 0.3 is 0 Å². The van der Waals surface area contributed by atoms with E-state index in [1.807, 2.05) is 29.7 Å². The fourth-order valence-corrected chi connectivity index (χ4v) is 6.11. The lowest BCUT2D eigenvalue weighted by Crippen LogP contribution is -2.40. The van der Waals surface area contributed by atoms with Crippen LogP contribution in [-0.4, -0.2) is 77.5 Å². The molecule has 2 saturated heterocycles. The zero-order valence-electron chi connectivity index (χ0n) is 18.9. The van der Waals surface area contributed by atoms with Gasteiger partial charge in [-0.3, -0.25) is 10.00 Å². The first kappa shape index (κ1) is 21.0. The van der Waals surface area contributed by atoms with Crippen LogP contribution in [0.25, 0.3) is 32.5 Å². The molecule has 2 fully saturated rings. The average Bonchev–Trinajstić information content (AvgIpc) is 3.51. The van der Waals surface area contributed by atoms with Gasteiger partial charge < -0.3 is 15.0 Å². The molecule has 2 aliphatic heterocycles. The minimum Gasteiger partial charge on any atom is -0.378 e. The maximum atomic E-state index is 5.61. The van der Waals surface area contributed by atoms with E-state index in [-0.39, 0.29) is 0 Å². The Morgan fingerprint density at radius 3 is 2.88 bits per heavy atom. The van der Waals surface area contributed by atoms with Gasteiger partial charge in [0, 0.05) is 41.5 Å². The molecular weight excluding hydrogens is 434 g/mol. The number of morpholine rings is 1. The van der Waals surface area contributed by atoms with Crippen molar-refractivity contribution in [3.05, 3.63) is 35.3 Å². The molecule has 0 bridgehead atoms. The van der Waals surface area contributed by atoms with Crippen LogP contribution in [0.2, 0.25) is 0 Å². The van der Waals surface area contributed by atoms with Crippen molar-refractivity contribution in [3.63, 3.8) is 0 Å². The van der Waals surface area contributed by atoms with E-state index in [0.717, 1.165) is 79.6 Å². The molecule has 5 heterocycles. The zero-order valence-corrected chi connectivity index (χ0v) is 19.7. The third kappa shape index (κ3) is 4.10. The first-order valence-electron chi connectivity index (χ1n) is 11.7. The van der Waals surface area contributed by atoms with Crippen LogP contribution >= 0.6 is 11.3 Å². The fraction of sp³-hybridized carbons (Fsp3) is 0.458. The van der Waals surface area contributed by atoms with Gasteiger partial charge in [0.25, 0.3) is 0 Å². The molecule has 2 aliphatic rings. The lowest BCUT2D eigenvalue weighted by atomic mass is 10.1. The highest BCUT2D eigenvalue weighted by molar-refractivity contribution is 7.19. The monoisotopic (exact) mass is 463 g/mol. The highest BCUT2D eigenvalue weighted by Gasteiger charge is 2.23. The average molecular weight is 464 g/mol. The van der Waals surface area contributed by atoms with E-state index in [1.54, 1.807) is 0 Å². The van der Waals surface area contributed by atoms with Gasteiger partial charge in [-0.15, -0.1) is 11.3 Å². The molecule has 0 saturated carbocycles. The largest absolute Gasteiger partial charge is 0.378 e. The molecule has 8 nitrogen and oxygen atoms in total. The van der Waals surface area contributed by atoms with Crippen LogP contribution in [0, 0.1) is 0 Å². The number of aromatic amines is 1. The summed E-state index contributed by atoms with van der Waals surface area (Å²) in [5, 5.41) is 11.8.